The van der Waals surface area contributed by atoms with Gasteiger partial charge in [-0.1, -0.05) is 23.3 Å². The van der Waals surface area contributed by atoms with Gasteiger partial charge in [0, 0.05) is 25.2 Å². The molecule has 0 fully saturated rings. The van der Waals surface area contributed by atoms with E-state index < -0.39 is 0 Å². The quantitative estimate of drug-likeness (QED) is 0.265. The highest BCUT2D eigenvalue weighted by molar-refractivity contribution is 5.77. The molecule has 0 aliphatic rings. The largest absolute Gasteiger partial charge is 0.491 e. The van der Waals surface area contributed by atoms with E-state index in [1.165, 1.54) is 0 Å². The maximum Gasteiger partial charge on any atom is 0.245 e. The van der Waals surface area contributed by atoms with Crippen molar-refractivity contribution in [3.8, 4) is 22.6 Å². The number of carbonyl (C=O) groups excluding carboxylic acids is 2. The molecule has 0 aliphatic heterocycles. The number of carbonyl (C=O) groups is 2. The summed E-state index contributed by atoms with van der Waals surface area (Å²) in [5, 5.41) is 5.00. The molecule has 0 bridgehead atoms. The molecule has 38 heavy (non-hydrogen) atoms. The Morgan fingerprint density at radius 2 is 0.947 bits per heavy atom. The molecule has 0 aromatic heterocycles. The van der Waals surface area contributed by atoms with Crippen LogP contribution in [0.15, 0.2) is 36.4 Å². The Balaban J connectivity index is 1.83. The van der Waals surface area contributed by atoms with Gasteiger partial charge in [-0.2, -0.15) is 0 Å². The minimum atomic E-state index is -0.178. The Hall–Kier alpha value is -3.18. The van der Waals surface area contributed by atoms with E-state index in [-0.39, 0.29) is 25.0 Å². The van der Waals surface area contributed by atoms with E-state index in [9.17, 15) is 9.59 Å². The molecule has 0 heterocycles. The van der Waals surface area contributed by atoms with Crippen molar-refractivity contribution in [1.82, 2.24) is 10.6 Å². The number of rotatable bonds is 19. The standard InChI is InChI=1S/C28H40N2O8/c1-21-5-7-25(37-15-13-34-10-9-33-11-12-35-19-27(31)29-3)23(17-21)24-18-22(2)6-8-26(24)38-16-14-36-20-28(32)30-4/h5-8,17-18H,9-16,19-20H2,1-4H3,(H,29,31)(H,30,32). The first-order valence-electron chi connectivity index (χ1n) is 12.6. The van der Waals surface area contributed by atoms with Crippen molar-refractivity contribution in [2.24, 2.45) is 0 Å². The zero-order valence-corrected chi connectivity index (χ0v) is 22.8. The lowest BCUT2D eigenvalue weighted by atomic mass is 9.99. The lowest BCUT2D eigenvalue weighted by Gasteiger charge is -2.17. The molecule has 210 valence electrons. The summed E-state index contributed by atoms with van der Waals surface area (Å²) < 4.78 is 33.6. The molecule has 0 atom stereocenters. The minimum Gasteiger partial charge on any atom is -0.491 e. The van der Waals surface area contributed by atoms with Crippen molar-refractivity contribution >= 4 is 11.8 Å². The highest BCUT2D eigenvalue weighted by Crippen LogP contribution is 2.38. The monoisotopic (exact) mass is 532 g/mol. The van der Waals surface area contributed by atoms with E-state index in [0.717, 1.165) is 28.0 Å². The fourth-order valence-electron chi connectivity index (χ4n) is 3.30. The zero-order valence-electron chi connectivity index (χ0n) is 22.8. The molecular weight excluding hydrogens is 492 g/mol. The van der Waals surface area contributed by atoms with Crippen LogP contribution >= 0.6 is 0 Å². The van der Waals surface area contributed by atoms with Crippen LogP contribution in [0, 0.1) is 13.8 Å². The Morgan fingerprint density at radius 1 is 0.579 bits per heavy atom. The van der Waals surface area contributed by atoms with Crippen LogP contribution in [0.25, 0.3) is 11.1 Å². The molecule has 2 aromatic carbocycles. The molecule has 0 unspecified atom stereocenters. The van der Waals surface area contributed by atoms with E-state index in [2.05, 4.69) is 22.8 Å². The molecule has 2 N–H and O–H groups in total. The van der Waals surface area contributed by atoms with Gasteiger partial charge in [0.05, 0.1) is 39.6 Å². The van der Waals surface area contributed by atoms with Gasteiger partial charge in [0.25, 0.3) is 0 Å². The van der Waals surface area contributed by atoms with E-state index in [0.29, 0.717) is 58.6 Å². The van der Waals surface area contributed by atoms with E-state index in [1.807, 2.05) is 38.1 Å². The molecule has 0 radical (unpaired) electrons. The number of amides is 2. The fourth-order valence-corrected chi connectivity index (χ4v) is 3.30. The molecular formula is C28H40N2O8. The molecule has 2 amide bonds. The van der Waals surface area contributed by atoms with E-state index >= 15 is 0 Å². The van der Waals surface area contributed by atoms with Crippen LogP contribution in [0.4, 0.5) is 0 Å². The fraction of sp³-hybridized carbons (Fsp3) is 0.500. The predicted octanol–water partition coefficient (Wildman–Crippen LogP) is 2.29. The van der Waals surface area contributed by atoms with Gasteiger partial charge < -0.3 is 39.1 Å². The van der Waals surface area contributed by atoms with Crippen molar-refractivity contribution in [2.75, 3.05) is 80.2 Å². The van der Waals surface area contributed by atoms with Crippen molar-refractivity contribution in [1.29, 1.82) is 0 Å². The second-order valence-electron chi connectivity index (χ2n) is 8.37. The van der Waals surface area contributed by atoms with Gasteiger partial charge in [0.15, 0.2) is 0 Å². The number of likely N-dealkylation sites (N-methyl/N-ethyl adjacent to an activating group) is 2. The lowest BCUT2D eigenvalue weighted by molar-refractivity contribution is -0.126. The lowest BCUT2D eigenvalue weighted by Crippen LogP contribution is -2.24. The topological polar surface area (TPSA) is 114 Å². The number of hydrogen-bond donors (Lipinski definition) is 2. The molecule has 0 saturated heterocycles. The van der Waals surface area contributed by atoms with Crippen LogP contribution in [-0.2, 0) is 28.5 Å². The zero-order chi connectivity index (χ0) is 27.6. The summed E-state index contributed by atoms with van der Waals surface area (Å²) in [6.07, 6.45) is 0. The number of benzene rings is 2. The van der Waals surface area contributed by atoms with Crippen LogP contribution in [0.1, 0.15) is 11.1 Å². The van der Waals surface area contributed by atoms with Crippen LogP contribution in [0.3, 0.4) is 0 Å². The Bertz CT molecular complexity index is 999. The van der Waals surface area contributed by atoms with Crippen molar-refractivity contribution in [2.45, 2.75) is 13.8 Å². The SMILES string of the molecule is CNC(=O)COCCOCCOCCOc1ccc(C)cc1-c1cc(C)ccc1OCCOCC(=O)NC. The third kappa shape index (κ3) is 11.9. The Kier molecular flexibility index (Phi) is 14.8. The van der Waals surface area contributed by atoms with E-state index in [4.69, 9.17) is 28.4 Å². The molecule has 10 nitrogen and oxygen atoms in total. The molecule has 10 heteroatoms. The average Bonchev–Trinajstić information content (AvgIpc) is 2.92. The second kappa shape index (κ2) is 18.1. The van der Waals surface area contributed by atoms with Crippen LogP contribution in [0.5, 0.6) is 11.5 Å². The normalized spacial score (nSPS) is 10.7. The Labute approximate surface area is 224 Å². The summed E-state index contributed by atoms with van der Waals surface area (Å²) in [6.45, 7) is 7.07. The van der Waals surface area contributed by atoms with Gasteiger partial charge in [-0.25, -0.2) is 0 Å². The molecule has 0 spiro atoms. The number of hydrogen-bond acceptors (Lipinski definition) is 8. The van der Waals surface area contributed by atoms with Crippen molar-refractivity contribution in [3.05, 3.63) is 47.5 Å². The van der Waals surface area contributed by atoms with E-state index in [1.54, 1.807) is 14.1 Å². The van der Waals surface area contributed by atoms with Crippen molar-refractivity contribution < 1.29 is 38.0 Å². The van der Waals surface area contributed by atoms with Crippen LogP contribution < -0.4 is 20.1 Å². The maximum atomic E-state index is 11.3. The predicted molar refractivity (Wildman–Crippen MR) is 144 cm³/mol. The van der Waals surface area contributed by atoms with Gasteiger partial charge in [0.1, 0.15) is 37.9 Å². The number of ether oxygens (including phenoxy) is 6. The number of aryl methyl sites for hydroxylation is 2. The van der Waals surface area contributed by atoms with Gasteiger partial charge in [0.2, 0.25) is 11.8 Å². The molecule has 2 aromatic rings. The van der Waals surface area contributed by atoms with Crippen molar-refractivity contribution in [3.63, 3.8) is 0 Å². The van der Waals surface area contributed by atoms with Gasteiger partial charge in [-0.15, -0.1) is 0 Å². The van der Waals surface area contributed by atoms with Gasteiger partial charge in [-0.05, 0) is 38.1 Å². The first kappa shape index (κ1) is 31.0. The summed E-state index contributed by atoms with van der Waals surface area (Å²) in [7, 11) is 3.13. The molecule has 2 rings (SSSR count). The smallest absolute Gasteiger partial charge is 0.245 e. The minimum absolute atomic E-state index is 0.00176. The number of nitrogens with one attached hydrogen (secondary N) is 2. The Morgan fingerprint density at radius 3 is 1.37 bits per heavy atom. The summed E-state index contributed by atoms with van der Waals surface area (Å²) in [5.41, 5.74) is 4.04. The van der Waals surface area contributed by atoms with Crippen LogP contribution in [0.2, 0.25) is 0 Å². The summed E-state index contributed by atoms with van der Waals surface area (Å²) in [4.78, 5) is 22.4. The first-order valence-corrected chi connectivity index (χ1v) is 12.6. The third-order valence-electron chi connectivity index (χ3n) is 5.30. The van der Waals surface area contributed by atoms with Gasteiger partial charge >= 0.3 is 0 Å². The van der Waals surface area contributed by atoms with Gasteiger partial charge in [-0.3, -0.25) is 9.59 Å². The summed E-state index contributed by atoms with van der Waals surface area (Å²) in [6, 6.07) is 12.0. The highest BCUT2D eigenvalue weighted by atomic mass is 16.6. The second-order valence-corrected chi connectivity index (χ2v) is 8.37. The summed E-state index contributed by atoms with van der Waals surface area (Å²) >= 11 is 0. The molecule has 0 aliphatic carbocycles. The third-order valence-corrected chi connectivity index (χ3v) is 5.30. The average molecular weight is 533 g/mol. The maximum absolute atomic E-state index is 11.3. The first-order chi connectivity index (χ1) is 18.4. The highest BCUT2D eigenvalue weighted by Gasteiger charge is 2.13. The van der Waals surface area contributed by atoms with Crippen LogP contribution in [-0.4, -0.2) is 92.0 Å². The molecule has 0 saturated carbocycles. The summed E-state index contributed by atoms with van der Waals surface area (Å²) in [5.74, 6) is 1.10.